The third-order valence-electron chi connectivity index (χ3n) is 6.68. The zero-order valence-corrected chi connectivity index (χ0v) is 19.5. The Morgan fingerprint density at radius 1 is 1.03 bits per heavy atom. The second kappa shape index (κ2) is 8.65. The van der Waals surface area contributed by atoms with Gasteiger partial charge in [-0.3, -0.25) is 0 Å². The molecule has 6 nitrogen and oxygen atoms in total. The van der Waals surface area contributed by atoms with E-state index in [0.717, 1.165) is 62.7 Å². The maximum Gasteiger partial charge on any atom is 0.157 e. The first-order valence-electron chi connectivity index (χ1n) is 11.7. The molecule has 3 heterocycles. The van der Waals surface area contributed by atoms with Crippen LogP contribution in [-0.2, 0) is 6.42 Å². The fraction of sp³-hybridized carbons (Fsp3) is 0.600. The molecule has 0 saturated carbocycles. The Bertz CT molecular complexity index is 855. The Balaban J connectivity index is 1.40. The van der Waals surface area contributed by atoms with Crippen LogP contribution >= 0.6 is 0 Å². The summed E-state index contributed by atoms with van der Waals surface area (Å²) in [6.07, 6.45) is 7.19. The van der Waals surface area contributed by atoms with Gasteiger partial charge in [0.25, 0.3) is 0 Å². The summed E-state index contributed by atoms with van der Waals surface area (Å²) in [7, 11) is 0. The summed E-state index contributed by atoms with van der Waals surface area (Å²) in [5.41, 5.74) is 8.84. The quantitative estimate of drug-likeness (QED) is 0.669. The second-order valence-corrected chi connectivity index (χ2v) is 10.7. The van der Waals surface area contributed by atoms with Gasteiger partial charge in [0, 0.05) is 30.2 Å². The van der Waals surface area contributed by atoms with Crippen molar-refractivity contribution in [2.24, 2.45) is 5.92 Å². The predicted molar refractivity (Wildman–Crippen MR) is 129 cm³/mol. The summed E-state index contributed by atoms with van der Waals surface area (Å²) in [5, 5.41) is 7.37. The number of benzene rings is 1. The highest BCUT2D eigenvalue weighted by Gasteiger charge is 2.38. The molecule has 0 unspecified atom stereocenters. The highest BCUT2D eigenvalue weighted by atomic mass is 15.2. The lowest BCUT2D eigenvalue weighted by Gasteiger charge is -2.46. The topological polar surface area (TPSA) is 79.1 Å². The SMILES string of the molecule is CC1(C)CC(Nc2ncnc(N3CCC(Cc4ccccc4)CC3)c2N)CC(C)(C)N1. The molecule has 1 aromatic heterocycles. The van der Waals surface area contributed by atoms with Gasteiger partial charge in [-0.1, -0.05) is 30.3 Å². The van der Waals surface area contributed by atoms with Crippen LogP contribution in [0.5, 0.6) is 0 Å². The van der Waals surface area contributed by atoms with Crippen LogP contribution in [0.2, 0.25) is 0 Å². The zero-order chi connectivity index (χ0) is 22.1. The van der Waals surface area contributed by atoms with Crippen LogP contribution in [-0.4, -0.2) is 40.2 Å². The summed E-state index contributed by atoms with van der Waals surface area (Å²) in [4.78, 5) is 11.4. The van der Waals surface area contributed by atoms with E-state index in [1.54, 1.807) is 6.33 Å². The van der Waals surface area contributed by atoms with Crippen molar-refractivity contribution in [1.29, 1.82) is 0 Å². The molecule has 168 valence electrons. The van der Waals surface area contributed by atoms with E-state index in [0.29, 0.717) is 11.7 Å². The maximum atomic E-state index is 6.58. The van der Waals surface area contributed by atoms with Crippen LogP contribution < -0.4 is 21.3 Å². The number of nitrogens with zero attached hydrogens (tertiary/aromatic N) is 3. The molecule has 0 radical (unpaired) electrons. The zero-order valence-electron chi connectivity index (χ0n) is 19.5. The number of hydrogen-bond donors (Lipinski definition) is 3. The molecule has 0 spiro atoms. The lowest BCUT2D eigenvalue weighted by molar-refractivity contribution is 0.170. The van der Waals surface area contributed by atoms with Crippen molar-refractivity contribution in [2.75, 3.05) is 29.0 Å². The smallest absolute Gasteiger partial charge is 0.157 e. The molecule has 2 fully saturated rings. The lowest BCUT2D eigenvalue weighted by atomic mass is 9.79. The van der Waals surface area contributed by atoms with Gasteiger partial charge in [-0.05, 0) is 71.3 Å². The summed E-state index contributed by atoms with van der Waals surface area (Å²) in [5.74, 6) is 2.37. The van der Waals surface area contributed by atoms with Gasteiger partial charge < -0.3 is 21.3 Å². The highest BCUT2D eigenvalue weighted by Crippen LogP contribution is 2.34. The Morgan fingerprint density at radius 2 is 1.68 bits per heavy atom. The largest absolute Gasteiger partial charge is 0.393 e. The van der Waals surface area contributed by atoms with Crippen molar-refractivity contribution >= 4 is 17.3 Å². The molecule has 0 amide bonds. The Kier molecular flexibility index (Phi) is 6.11. The molecule has 0 aliphatic carbocycles. The van der Waals surface area contributed by atoms with E-state index in [9.17, 15) is 0 Å². The van der Waals surface area contributed by atoms with E-state index >= 15 is 0 Å². The van der Waals surface area contributed by atoms with E-state index in [-0.39, 0.29) is 11.1 Å². The highest BCUT2D eigenvalue weighted by molar-refractivity contribution is 5.75. The molecule has 2 aromatic rings. The Hall–Kier alpha value is -2.34. The van der Waals surface area contributed by atoms with Gasteiger partial charge in [0.2, 0.25) is 0 Å². The third-order valence-corrected chi connectivity index (χ3v) is 6.68. The first-order valence-corrected chi connectivity index (χ1v) is 11.7. The third kappa shape index (κ3) is 5.48. The van der Waals surface area contributed by atoms with Crippen molar-refractivity contribution in [2.45, 2.75) is 76.9 Å². The fourth-order valence-corrected chi connectivity index (χ4v) is 5.67. The minimum absolute atomic E-state index is 0.0741. The molecule has 0 atom stereocenters. The summed E-state index contributed by atoms with van der Waals surface area (Å²) >= 11 is 0. The molecule has 6 heteroatoms. The predicted octanol–water partition coefficient (Wildman–Crippen LogP) is 4.24. The lowest BCUT2D eigenvalue weighted by Crippen LogP contribution is -2.60. The number of hydrogen-bond acceptors (Lipinski definition) is 6. The Labute approximate surface area is 187 Å². The molecular weight excluding hydrogens is 384 g/mol. The van der Waals surface area contributed by atoms with Crippen LogP contribution in [0, 0.1) is 5.92 Å². The molecule has 4 N–H and O–H groups in total. The average molecular weight is 423 g/mol. The normalized spacial score (nSPS) is 21.7. The number of nitrogens with two attached hydrogens (primary N) is 1. The van der Waals surface area contributed by atoms with Crippen LogP contribution in [0.1, 0.15) is 58.9 Å². The monoisotopic (exact) mass is 422 g/mol. The molecule has 2 aliphatic rings. The first kappa shape index (κ1) is 21.9. The van der Waals surface area contributed by atoms with Crippen LogP contribution in [0.25, 0.3) is 0 Å². The van der Waals surface area contributed by atoms with E-state index in [1.165, 1.54) is 5.56 Å². The van der Waals surface area contributed by atoms with Gasteiger partial charge in [-0.15, -0.1) is 0 Å². The van der Waals surface area contributed by atoms with Gasteiger partial charge >= 0.3 is 0 Å². The standard InChI is InChI=1S/C25H38N6/c1-24(2)15-20(16-25(3,4)30-24)29-22-21(26)23(28-17-27-22)31-12-10-19(11-13-31)14-18-8-6-5-7-9-18/h5-9,17,19-20,30H,10-16,26H2,1-4H3,(H,27,28,29). The molecule has 31 heavy (non-hydrogen) atoms. The van der Waals surface area contributed by atoms with Crippen molar-refractivity contribution in [3.63, 3.8) is 0 Å². The summed E-state index contributed by atoms with van der Waals surface area (Å²) in [6.45, 7) is 11.0. The summed E-state index contributed by atoms with van der Waals surface area (Å²) in [6, 6.07) is 11.1. The number of piperidine rings is 2. The van der Waals surface area contributed by atoms with Crippen molar-refractivity contribution < 1.29 is 0 Å². The molecule has 2 aliphatic heterocycles. The fourth-order valence-electron chi connectivity index (χ4n) is 5.67. The van der Waals surface area contributed by atoms with Gasteiger partial charge in [0.15, 0.2) is 11.6 Å². The maximum absolute atomic E-state index is 6.58. The minimum atomic E-state index is 0.0741. The molecule has 0 bridgehead atoms. The number of nitrogen functional groups attached to an aromatic ring is 1. The number of aromatic nitrogens is 2. The molecule has 2 saturated heterocycles. The van der Waals surface area contributed by atoms with Crippen LogP contribution in [0.3, 0.4) is 0 Å². The van der Waals surface area contributed by atoms with Gasteiger partial charge in [-0.2, -0.15) is 0 Å². The van der Waals surface area contributed by atoms with Crippen LogP contribution in [0.4, 0.5) is 17.3 Å². The van der Waals surface area contributed by atoms with Crippen molar-refractivity contribution in [3.8, 4) is 0 Å². The molecular formula is C25H38N6. The second-order valence-electron chi connectivity index (χ2n) is 10.7. The van der Waals surface area contributed by atoms with E-state index in [1.807, 2.05) is 0 Å². The molecule has 1 aromatic carbocycles. The van der Waals surface area contributed by atoms with Crippen molar-refractivity contribution in [1.82, 2.24) is 15.3 Å². The van der Waals surface area contributed by atoms with Gasteiger partial charge in [-0.25, -0.2) is 9.97 Å². The first-order chi connectivity index (χ1) is 14.7. The van der Waals surface area contributed by atoms with Gasteiger partial charge in [0.1, 0.15) is 12.0 Å². The number of nitrogens with one attached hydrogen (secondary N) is 2. The minimum Gasteiger partial charge on any atom is -0.393 e. The number of rotatable bonds is 5. The number of anilines is 3. The van der Waals surface area contributed by atoms with E-state index in [2.05, 4.69) is 83.5 Å². The van der Waals surface area contributed by atoms with E-state index < -0.39 is 0 Å². The van der Waals surface area contributed by atoms with E-state index in [4.69, 9.17) is 5.73 Å². The van der Waals surface area contributed by atoms with Gasteiger partial charge in [0.05, 0.1) is 0 Å². The Morgan fingerprint density at radius 3 is 2.32 bits per heavy atom. The van der Waals surface area contributed by atoms with Crippen molar-refractivity contribution in [3.05, 3.63) is 42.2 Å². The summed E-state index contributed by atoms with van der Waals surface area (Å²) < 4.78 is 0. The molecule has 4 rings (SSSR count). The average Bonchev–Trinajstić information content (AvgIpc) is 2.69. The van der Waals surface area contributed by atoms with Crippen LogP contribution in [0.15, 0.2) is 36.7 Å².